The van der Waals surface area contributed by atoms with Gasteiger partial charge >= 0.3 is 5.97 Å². The maximum atomic E-state index is 13.4. The Morgan fingerprint density at radius 3 is 2.50 bits per heavy atom. The average Bonchev–Trinajstić information content (AvgIpc) is 2.19. The Labute approximate surface area is 92.1 Å². The lowest BCUT2D eigenvalue weighted by atomic mass is 10.1. The average molecular weight is 229 g/mol. The molecule has 1 aromatic rings. The van der Waals surface area contributed by atoms with Crippen molar-refractivity contribution in [3.05, 3.63) is 29.3 Å². The van der Waals surface area contributed by atoms with Crippen molar-refractivity contribution in [2.45, 2.75) is 13.8 Å². The molecule has 0 aliphatic rings. The van der Waals surface area contributed by atoms with E-state index in [2.05, 4.69) is 5.32 Å². The van der Waals surface area contributed by atoms with Crippen LogP contribution >= 0.6 is 0 Å². The number of carbonyl (C=O) groups is 1. The Hall–Kier alpha value is -1.65. The zero-order valence-corrected chi connectivity index (χ0v) is 9.05. The number of benzene rings is 1. The summed E-state index contributed by atoms with van der Waals surface area (Å²) < 4.78 is 26.6. The molecule has 0 aliphatic carbocycles. The third-order valence-corrected chi connectivity index (χ3v) is 2.01. The second-order valence-corrected chi connectivity index (χ2v) is 3.87. The van der Waals surface area contributed by atoms with E-state index in [9.17, 15) is 13.6 Å². The highest BCUT2D eigenvalue weighted by molar-refractivity contribution is 5.88. The number of anilines is 1. The van der Waals surface area contributed by atoms with Crippen LogP contribution in [0, 0.1) is 17.6 Å². The Morgan fingerprint density at radius 2 is 2.00 bits per heavy atom. The molecule has 0 fully saturated rings. The van der Waals surface area contributed by atoms with E-state index in [0.29, 0.717) is 6.54 Å². The van der Waals surface area contributed by atoms with Gasteiger partial charge in [-0.3, -0.25) is 0 Å². The van der Waals surface area contributed by atoms with Crippen LogP contribution in [0.1, 0.15) is 24.2 Å². The first-order chi connectivity index (χ1) is 7.43. The van der Waals surface area contributed by atoms with E-state index >= 15 is 0 Å². The van der Waals surface area contributed by atoms with Crippen LogP contribution in [0.4, 0.5) is 14.5 Å². The fraction of sp³-hybridized carbons (Fsp3) is 0.364. The van der Waals surface area contributed by atoms with E-state index in [1.807, 2.05) is 13.8 Å². The molecule has 1 aromatic carbocycles. The van der Waals surface area contributed by atoms with Crippen molar-refractivity contribution in [1.29, 1.82) is 0 Å². The lowest BCUT2D eigenvalue weighted by Gasteiger charge is -2.10. The zero-order valence-electron chi connectivity index (χ0n) is 9.05. The quantitative estimate of drug-likeness (QED) is 0.834. The van der Waals surface area contributed by atoms with Gasteiger partial charge in [0.2, 0.25) is 0 Å². The van der Waals surface area contributed by atoms with E-state index < -0.39 is 23.2 Å². The van der Waals surface area contributed by atoms with Crippen LogP contribution in [0.15, 0.2) is 12.1 Å². The van der Waals surface area contributed by atoms with Crippen molar-refractivity contribution in [3.8, 4) is 0 Å². The standard InChI is InChI=1S/C11H13F2NO2/c1-6(2)5-14-8-4-3-7(11(15)16)9(12)10(8)13/h3-4,6,14H,5H2,1-2H3,(H,15,16). The number of nitrogens with one attached hydrogen (secondary N) is 1. The molecule has 0 aliphatic heterocycles. The molecule has 0 saturated carbocycles. The van der Waals surface area contributed by atoms with Gasteiger partial charge in [0.1, 0.15) is 0 Å². The second kappa shape index (κ2) is 4.92. The van der Waals surface area contributed by atoms with Crippen LogP contribution < -0.4 is 5.32 Å². The molecule has 0 saturated heterocycles. The minimum atomic E-state index is -1.48. The summed E-state index contributed by atoms with van der Waals surface area (Å²) in [5, 5.41) is 11.3. The maximum Gasteiger partial charge on any atom is 0.338 e. The third kappa shape index (κ3) is 2.68. The normalized spacial score (nSPS) is 10.6. The summed E-state index contributed by atoms with van der Waals surface area (Å²) in [7, 11) is 0. The highest BCUT2D eigenvalue weighted by Crippen LogP contribution is 2.20. The lowest BCUT2D eigenvalue weighted by Crippen LogP contribution is -2.11. The molecular weight excluding hydrogens is 216 g/mol. The molecule has 0 amide bonds. The molecule has 0 heterocycles. The Bertz CT molecular complexity index is 405. The summed E-state index contributed by atoms with van der Waals surface area (Å²) in [6, 6.07) is 2.27. The molecule has 5 heteroatoms. The monoisotopic (exact) mass is 229 g/mol. The minimum Gasteiger partial charge on any atom is -0.478 e. The molecule has 16 heavy (non-hydrogen) atoms. The predicted molar refractivity (Wildman–Crippen MR) is 56.6 cm³/mol. The Balaban J connectivity index is 2.98. The van der Waals surface area contributed by atoms with Gasteiger partial charge in [0.25, 0.3) is 0 Å². The molecule has 2 N–H and O–H groups in total. The molecular formula is C11H13F2NO2. The number of aromatic carboxylic acids is 1. The van der Waals surface area contributed by atoms with E-state index in [1.54, 1.807) is 0 Å². The summed E-state index contributed by atoms with van der Waals surface area (Å²) >= 11 is 0. The number of hydrogen-bond donors (Lipinski definition) is 2. The molecule has 88 valence electrons. The maximum absolute atomic E-state index is 13.4. The fourth-order valence-corrected chi connectivity index (χ4v) is 1.17. The molecule has 0 spiro atoms. The highest BCUT2D eigenvalue weighted by atomic mass is 19.2. The van der Waals surface area contributed by atoms with Crippen molar-refractivity contribution in [2.75, 3.05) is 11.9 Å². The highest BCUT2D eigenvalue weighted by Gasteiger charge is 2.17. The van der Waals surface area contributed by atoms with Crippen molar-refractivity contribution < 1.29 is 18.7 Å². The summed E-state index contributed by atoms with van der Waals surface area (Å²) in [6.07, 6.45) is 0. The number of hydrogen-bond acceptors (Lipinski definition) is 2. The number of halogens is 2. The number of rotatable bonds is 4. The van der Waals surface area contributed by atoms with Gasteiger partial charge in [-0.15, -0.1) is 0 Å². The summed E-state index contributed by atoms with van der Waals surface area (Å²) in [6.45, 7) is 4.34. The first-order valence-electron chi connectivity index (χ1n) is 4.88. The number of carboxylic acids is 1. The van der Waals surface area contributed by atoms with Gasteiger partial charge < -0.3 is 10.4 Å². The van der Waals surface area contributed by atoms with Gasteiger partial charge in [0.15, 0.2) is 11.6 Å². The molecule has 0 atom stereocenters. The van der Waals surface area contributed by atoms with Gasteiger partial charge in [0, 0.05) is 6.54 Å². The SMILES string of the molecule is CC(C)CNc1ccc(C(=O)O)c(F)c1F. The molecule has 3 nitrogen and oxygen atoms in total. The van der Waals surface area contributed by atoms with Crippen molar-refractivity contribution in [1.82, 2.24) is 0 Å². The van der Waals surface area contributed by atoms with E-state index in [4.69, 9.17) is 5.11 Å². The lowest BCUT2D eigenvalue weighted by molar-refractivity contribution is 0.0690. The molecule has 0 bridgehead atoms. The van der Waals surface area contributed by atoms with Gasteiger partial charge in [0.05, 0.1) is 11.3 Å². The van der Waals surface area contributed by atoms with Crippen molar-refractivity contribution >= 4 is 11.7 Å². The molecule has 1 rings (SSSR count). The van der Waals surface area contributed by atoms with Crippen LogP contribution in [0.2, 0.25) is 0 Å². The first-order valence-corrected chi connectivity index (χ1v) is 4.88. The minimum absolute atomic E-state index is 0.0174. The Kier molecular flexibility index (Phi) is 3.82. The van der Waals surface area contributed by atoms with E-state index in [-0.39, 0.29) is 11.6 Å². The van der Waals surface area contributed by atoms with Gasteiger partial charge in [-0.2, -0.15) is 0 Å². The van der Waals surface area contributed by atoms with Crippen LogP contribution in [-0.4, -0.2) is 17.6 Å². The molecule has 0 aromatic heterocycles. The number of carboxylic acid groups (broad SMARTS) is 1. The van der Waals surface area contributed by atoms with Crippen LogP contribution in [0.25, 0.3) is 0 Å². The fourth-order valence-electron chi connectivity index (χ4n) is 1.17. The van der Waals surface area contributed by atoms with Gasteiger partial charge in [-0.05, 0) is 18.1 Å². The summed E-state index contributed by atoms with van der Waals surface area (Å²) in [5.74, 6) is -3.68. The van der Waals surface area contributed by atoms with Crippen LogP contribution in [0.3, 0.4) is 0 Å². The van der Waals surface area contributed by atoms with Crippen LogP contribution in [-0.2, 0) is 0 Å². The molecule has 0 radical (unpaired) electrons. The summed E-state index contributed by atoms with van der Waals surface area (Å²) in [5.41, 5.74) is -0.677. The zero-order chi connectivity index (χ0) is 12.3. The van der Waals surface area contributed by atoms with Gasteiger partial charge in [-0.1, -0.05) is 13.8 Å². The largest absolute Gasteiger partial charge is 0.478 e. The van der Waals surface area contributed by atoms with E-state index in [1.165, 1.54) is 6.07 Å². The van der Waals surface area contributed by atoms with Gasteiger partial charge in [-0.25, -0.2) is 13.6 Å². The predicted octanol–water partition coefficient (Wildman–Crippen LogP) is 2.73. The third-order valence-electron chi connectivity index (χ3n) is 2.01. The second-order valence-electron chi connectivity index (χ2n) is 3.87. The van der Waals surface area contributed by atoms with Crippen molar-refractivity contribution in [2.24, 2.45) is 5.92 Å². The van der Waals surface area contributed by atoms with Crippen molar-refractivity contribution in [3.63, 3.8) is 0 Å². The summed E-state index contributed by atoms with van der Waals surface area (Å²) in [4.78, 5) is 10.5. The topological polar surface area (TPSA) is 49.3 Å². The van der Waals surface area contributed by atoms with Crippen LogP contribution in [0.5, 0.6) is 0 Å². The molecule has 0 unspecified atom stereocenters. The van der Waals surface area contributed by atoms with E-state index in [0.717, 1.165) is 6.07 Å². The Morgan fingerprint density at radius 1 is 1.38 bits per heavy atom. The first kappa shape index (κ1) is 12.4. The smallest absolute Gasteiger partial charge is 0.338 e.